The summed E-state index contributed by atoms with van der Waals surface area (Å²) in [4.78, 5) is 12.2. The van der Waals surface area contributed by atoms with Crippen LogP contribution in [0.1, 0.15) is 16.8 Å². The zero-order valence-electron chi connectivity index (χ0n) is 9.89. The van der Waals surface area contributed by atoms with E-state index in [0.717, 1.165) is 0 Å². The first kappa shape index (κ1) is 13.4. The van der Waals surface area contributed by atoms with Gasteiger partial charge in [0.25, 0.3) is 0 Å². The van der Waals surface area contributed by atoms with Crippen LogP contribution < -0.4 is 0 Å². The molecular formula is C13H14O6. The fraction of sp³-hybridized carbons (Fsp3) is 0.308. The van der Waals surface area contributed by atoms with Gasteiger partial charge in [-0.3, -0.25) is 4.79 Å². The van der Waals surface area contributed by atoms with Gasteiger partial charge in [-0.05, 0) is 30.7 Å². The van der Waals surface area contributed by atoms with Crippen LogP contribution in [0.5, 0.6) is 5.75 Å². The molecule has 6 heteroatoms. The Hall–Kier alpha value is -2.05. The molecule has 1 aliphatic rings. The Balaban J connectivity index is 2.28. The molecule has 0 saturated carbocycles. The van der Waals surface area contributed by atoms with Crippen molar-refractivity contribution in [3.05, 3.63) is 41.3 Å². The number of aliphatic hydroxyl groups is 4. The van der Waals surface area contributed by atoms with Gasteiger partial charge in [-0.2, -0.15) is 0 Å². The average Bonchev–Trinajstić information content (AvgIpc) is 2.40. The maximum atomic E-state index is 12.2. The molecule has 0 radical (unpaired) electrons. The summed E-state index contributed by atoms with van der Waals surface area (Å²) < 4.78 is 0. The summed E-state index contributed by atoms with van der Waals surface area (Å²) in [5, 5.41) is 47.2. The Bertz CT molecular complexity index is 518. The summed E-state index contributed by atoms with van der Waals surface area (Å²) >= 11 is 0. The van der Waals surface area contributed by atoms with Crippen LogP contribution in [0.4, 0.5) is 0 Å². The first-order valence-electron chi connectivity index (χ1n) is 5.73. The predicted octanol–water partition coefficient (Wildman–Crippen LogP) is 0.644. The van der Waals surface area contributed by atoms with E-state index in [4.69, 9.17) is 5.11 Å². The van der Waals surface area contributed by atoms with Gasteiger partial charge in [0.05, 0.1) is 5.92 Å². The second-order valence-corrected chi connectivity index (χ2v) is 4.48. The summed E-state index contributed by atoms with van der Waals surface area (Å²) in [6, 6.07) is 5.41. The van der Waals surface area contributed by atoms with Crippen molar-refractivity contribution in [1.29, 1.82) is 0 Å². The van der Waals surface area contributed by atoms with Crippen molar-refractivity contribution in [2.45, 2.75) is 18.6 Å². The molecule has 2 rings (SSSR count). The van der Waals surface area contributed by atoms with Gasteiger partial charge in [0, 0.05) is 5.56 Å². The van der Waals surface area contributed by atoms with Gasteiger partial charge in [0.1, 0.15) is 18.0 Å². The summed E-state index contributed by atoms with van der Waals surface area (Å²) in [6.45, 7) is 0. The van der Waals surface area contributed by atoms with Crippen molar-refractivity contribution in [1.82, 2.24) is 0 Å². The van der Waals surface area contributed by atoms with Crippen LogP contribution in [-0.4, -0.2) is 43.5 Å². The minimum atomic E-state index is -1.55. The molecule has 3 atom stereocenters. The number of carbonyl (C=O) groups is 1. The number of rotatable bonds is 2. The topological polar surface area (TPSA) is 118 Å². The number of phenols is 1. The number of aliphatic hydroxyl groups excluding tert-OH is 4. The molecule has 0 bridgehead atoms. The molecule has 0 saturated heterocycles. The smallest absolute Gasteiger partial charge is 0.169 e. The average molecular weight is 266 g/mol. The van der Waals surface area contributed by atoms with Crippen LogP contribution >= 0.6 is 0 Å². The third-order valence-electron chi connectivity index (χ3n) is 3.21. The van der Waals surface area contributed by atoms with Crippen molar-refractivity contribution in [2.75, 3.05) is 0 Å². The number of carbonyl (C=O) groups excluding carboxylic acids is 1. The summed E-state index contributed by atoms with van der Waals surface area (Å²) in [7, 11) is 0. The Morgan fingerprint density at radius 2 is 1.58 bits per heavy atom. The molecule has 0 aliphatic heterocycles. The molecule has 0 fully saturated rings. The zero-order valence-corrected chi connectivity index (χ0v) is 9.89. The molecule has 0 aromatic heterocycles. The maximum Gasteiger partial charge on any atom is 0.169 e. The highest BCUT2D eigenvalue weighted by atomic mass is 16.4. The molecule has 0 spiro atoms. The lowest BCUT2D eigenvalue weighted by atomic mass is 9.82. The minimum absolute atomic E-state index is 0.00108. The Kier molecular flexibility index (Phi) is 3.46. The first-order chi connectivity index (χ1) is 8.91. The second-order valence-electron chi connectivity index (χ2n) is 4.48. The number of ketones is 1. The van der Waals surface area contributed by atoms with Crippen molar-refractivity contribution >= 4 is 5.78 Å². The molecule has 1 aromatic carbocycles. The molecule has 6 nitrogen and oxygen atoms in total. The molecule has 19 heavy (non-hydrogen) atoms. The number of hydrogen-bond acceptors (Lipinski definition) is 6. The predicted molar refractivity (Wildman–Crippen MR) is 64.8 cm³/mol. The van der Waals surface area contributed by atoms with Crippen LogP contribution in [0.2, 0.25) is 0 Å². The van der Waals surface area contributed by atoms with E-state index in [1.54, 1.807) is 0 Å². The van der Waals surface area contributed by atoms with Gasteiger partial charge in [-0.15, -0.1) is 0 Å². The SMILES string of the molecule is O=C(c1ccc(O)cc1)C1CC(O)C(O)=C(O)C1O. The molecule has 5 N–H and O–H groups in total. The van der Waals surface area contributed by atoms with Gasteiger partial charge >= 0.3 is 0 Å². The number of Topliss-reactive ketones (excluding diaryl/α,β-unsaturated/α-hetero) is 1. The van der Waals surface area contributed by atoms with Crippen LogP contribution in [0.25, 0.3) is 0 Å². The second kappa shape index (κ2) is 4.91. The molecule has 1 aromatic rings. The highest BCUT2D eigenvalue weighted by Gasteiger charge is 2.39. The van der Waals surface area contributed by atoms with Gasteiger partial charge < -0.3 is 25.5 Å². The normalized spacial score (nSPS) is 27.4. The number of phenolic OH excluding ortho intramolecular Hbond substituents is 1. The third kappa shape index (κ3) is 2.40. The molecule has 3 unspecified atom stereocenters. The number of benzene rings is 1. The van der Waals surface area contributed by atoms with Crippen LogP contribution in [-0.2, 0) is 0 Å². The highest BCUT2D eigenvalue weighted by Crippen LogP contribution is 2.30. The lowest BCUT2D eigenvalue weighted by molar-refractivity contribution is 0.0166. The maximum absolute atomic E-state index is 12.2. The Morgan fingerprint density at radius 1 is 1.00 bits per heavy atom. The van der Waals surface area contributed by atoms with E-state index in [1.807, 2.05) is 0 Å². The molecule has 0 heterocycles. The fourth-order valence-corrected chi connectivity index (χ4v) is 2.08. The standard InChI is InChI=1S/C13H14O6/c14-7-3-1-6(2-4-7)10(16)8-5-9(15)12(18)13(19)11(8)17/h1-4,8-9,11,14-15,17-19H,5H2. The lowest BCUT2D eigenvalue weighted by Crippen LogP contribution is -2.39. The van der Waals surface area contributed by atoms with Crippen molar-refractivity contribution in [2.24, 2.45) is 5.92 Å². The highest BCUT2D eigenvalue weighted by molar-refractivity contribution is 5.98. The van der Waals surface area contributed by atoms with E-state index in [0.29, 0.717) is 0 Å². The van der Waals surface area contributed by atoms with Gasteiger partial charge in [-0.25, -0.2) is 0 Å². The van der Waals surface area contributed by atoms with Crippen LogP contribution in [0.3, 0.4) is 0 Å². The van der Waals surface area contributed by atoms with E-state index in [-0.39, 0.29) is 17.7 Å². The lowest BCUT2D eigenvalue weighted by Gasteiger charge is -2.29. The third-order valence-corrected chi connectivity index (χ3v) is 3.21. The van der Waals surface area contributed by atoms with Crippen molar-refractivity contribution < 1.29 is 30.3 Å². The van der Waals surface area contributed by atoms with Gasteiger partial charge in [-0.1, -0.05) is 0 Å². The Labute approximate surface area is 108 Å². The molecule has 0 amide bonds. The van der Waals surface area contributed by atoms with Crippen LogP contribution in [0.15, 0.2) is 35.8 Å². The van der Waals surface area contributed by atoms with E-state index in [2.05, 4.69) is 0 Å². The number of hydrogen-bond donors (Lipinski definition) is 5. The van der Waals surface area contributed by atoms with Crippen molar-refractivity contribution in [3.8, 4) is 5.75 Å². The minimum Gasteiger partial charge on any atom is -0.508 e. The van der Waals surface area contributed by atoms with E-state index in [1.165, 1.54) is 24.3 Å². The quantitative estimate of drug-likeness (QED) is 0.501. The van der Waals surface area contributed by atoms with Gasteiger partial charge in [0.2, 0.25) is 0 Å². The summed E-state index contributed by atoms with van der Waals surface area (Å²) in [5.41, 5.74) is 0.239. The van der Waals surface area contributed by atoms with E-state index in [9.17, 15) is 25.2 Å². The van der Waals surface area contributed by atoms with E-state index >= 15 is 0 Å². The molecular weight excluding hydrogens is 252 g/mol. The zero-order chi connectivity index (χ0) is 14.2. The summed E-state index contributed by atoms with van der Waals surface area (Å²) in [6.07, 6.45) is -3.12. The Morgan fingerprint density at radius 3 is 2.16 bits per heavy atom. The van der Waals surface area contributed by atoms with Gasteiger partial charge in [0.15, 0.2) is 17.3 Å². The summed E-state index contributed by atoms with van der Waals surface area (Å²) in [5.74, 6) is -3.01. The monoisotopic (exact) mass is 266 g/mol. The molecule has 102 valence electrons. The molecule has 1 aliphatic carbocycles. The number of aromatic hydroxyl groups is 1. The largest absolute Gasteiger partial charge is 0.508 e. The first-order valence-corrected chi connectivity index (χ1v) is 5.73. The van der Waals surface area contributed by atoms with Crippen molar-refractivity contribution in [3.63, 3.8) is 0 Å². The fourth-order valence-electron chi connectivity index (χ4n) is 2.08. The van der Waals surface area contributed by atoms with E-state index < -0.39 is 35.4 Å². The van der Waals surface area contributed by atoms with Crippen LogP contribution in [0, 0.1) is 5.92 Å².